The van der Waals surface area contributed by atoms with Gasteiger partial charge in [-0.1, -0.05) is 18.2 Å². The van der Waals surface area contributed by atoms with E-state index >= 15 is 0 Å². The van der Waals surface area contributed by atoms with E-state index in [9.17, 15) is 19.5 Å². The van der Waals surface area contributed by atoms with Crippen LogP contribution in [-0.2, 0) is 14.3 Å². The van der Waals surface area contributed by atoms with Gasteiger partial charge in [0.2, 0.25) is 5.91 Å². The van der Waals surface area contributed by atoms with Gasteiger partial charge >= 0.3 is 12.0 Å². The van der Waals surface area contributed by atoms with Gasteiger partial charge in [-0.3, -0.25) is 4.79 Å². The Morgan fingerprint density at radius 1 is 1.23 bits per heavy atom. The third kappa shape index (κ3) is 3.96. The second kappa shape index (κ2) is 7.74. The second-order valence-corrected chi connectivity index (χ2v) is 6.76. The van der Waals surface area contributed by atoms with Crippen molar-refractivity contribution in [3.63, 3.8) is 0 Å². The number of piperidine rings is 1. The lowest BCUT2D eigenvalue weighted by Gasteiger charge is -2.34. The summed E-state index contributed by atoms with van der Waals surface area (Å²) >= 11 is 0. The van der Waals surface area contributed by atoms with Gasteiger partial charge in [0.05, 0.1) is 12.5 Å². The maximum atomic E-state index is 12.6. The number of nitrogens with zero attached hydrogens (tertiary/aromatic N) is 1. The monoisotopic (exact) mass is 361 g/mol. The predicted octanol–water partition coefficient (Wildman–Crippen LogP) is 1.29. The highest BCUT2D eigenvalue weighted by atomic mass is 16.5. The summed E-state index contributed by atoms with van der Waals surface area (Å²) in [5.74, 6) is -1.85. The van der Waals surface area contributed by atoms with Crippen molar-refractivity contribution in [3.8, 4) is 0 Å². The quantitative estimate of drug-likeness (QED) is 0.749. The van der Waals surface area contributed by atoms with Crippen molar-refractivity contribution in [1.82, 2.24) is 10.2 Å². The number of nitrogens with one attached hydrogen (secondary N) is 2. The van der Waals surface area contributed by atoms with Crippen molar-refractivity contribution in [1.29, 1.82) is 0 Å². The van der Waals surface area contributed by atoms with E-state index < -0.39 is 17.4 Å². The third-order valence-electron chi connectivity index (χ3n) is 4.90. The van der Waals surface area contributed by atoms with Gasteiger partial charge in [-0.2, -0.15) is 0 Å². The molecule has 0 aliphatic carbocycles. The van der Waals surface area contributed by atoms with Crippen LogP contribution in [0.1, 0.15) is 19.3 Å². The van der Waals surface area contributed by atoms with Crippen LogP contribution in [0.2, 0.25) is 0 Å². The van der Waals surface area contributed by atoms with Gasteiger partial charge in [-0.15, -0.1) is 0 Å². The molecule has 0 bridgehead atoms. The van der Waals surface area contributed by atoms with Crippen LogP contribution >= 0.6 is 0 Å². The van der Waals surface area contributed by atoms with Crippen LogP contribution in [0.4, 0.5) is 10.5 Å². The molecular weight excluding hydrogens is 338 g/mol. The molecule has 1 aromatic carbocycles. The second-order valence-electron chi connectivity index (χ2n) is 6.76. The molecule has 2 unspecified atom stereocenters. The van der Waals surface area contributed by atoms with Crippen LogP contribution in [0, 0.1) is 5.92 Å². The number of carbonyl (C=O) groups is 3. The zero-order chi connectivity index (χ0) is 18.6. The zero-order valence-electron chi connectivity index (χ0n) is 14.4. The standard InChI is InChI=1S/C18H23N3O5/c22-15(20-18(16(23)24)8-10-26-12-18)13-5-4-9-21(11-13)17(25)19-14-6-2-1-3-7-14/h1-3,6-7,13H,4-5,8-12H2,(H,19,25)(H,20,22)(H,23,24). The van der Waals surface area contributed by atoms with Gasteiger partial charge in [0, 0.05) is 31.8 Å². The molecule has 0 spiro atoms. The molecule has 3 rings (SSSR count). The average molecular weight is 361 g/mol. The fourth-order valence-electron chi connectivity index (χ4n) is 3.32. The van der Waals surface area contributed by atoms with Crippen molar-refractivity contribution in [2.45, 2.75) is 24.8 Å². The van der Waals surface area contributed by atoms with E-state index in [0.29, 0.717) is 31.7 Å². The minimum absolute atomic E-state index is 0.0288. The molecule has 8 nitrogen and oxygen atoms in total. The Balaban J connectivity index is 1.60. The van der Waals surface area contributed by atoms with Gasteiger partial charge in [-0.25, -0.2) is 9.59 Å². The number of urea groups is 1. The highest BCUT2D eigenvalue weighted by molar-refractivity contribution is 5.91. The Morgan fingerprint density at radius 2 is 2.00 bits per heavy atom. The average Bonchev–Trinajstić information content (AvgIpc) is 3.12. The first-order chi connectivity index (χ1) is 12.5. The molecule has 140 valence electrons. The zero-order valence-corrected chi connectivity index (χ0v) is 14.4. The number of benzene rings is 1. The number of carboxylic acids is 1. The predicted molar refractivity (Wildman–Crippen MR) is 93.7 cm³/mol. The molecule has 0 aromatic heterocycles. The summed E-state index contributed by atoms with van der Waals surface area (Å²) in [5.41, 5.74) is -0.664. The van der Waals surface area contributed by atoms with Crippen LogP contribution in [0.25, 0.3) is 0 Å². The summed E-state index contributed by atoms with van der Waals surface area (Å²) in [5, 5.41) is 14.9. The topological polar surface area (TPSA) is 108 Å². The molecule has 2 aliphatic heterocycles. The minimum Gasteiger partial charge on any atom is -0.479 e. The Bertz CT molecular complexity index is 673. The number of para-hydroxylation sites is 1. The number of anilines is 1. The van der Waals surface area contributed by atoms with E-state index in [4.69, 9.17) is 4.74 Å². The van der Waals surface area contributed by atoms with Crippen LogP contribution < -0.4 is 10.6 Å². The summed E-state index contributed by atoms with van der Waals surface area (Å²) < 4.78 is 5.17. The highest BCUT2D eigenvalue weighted by Crippen LogP contribution is 2.23. The Hall–Kier alpha value is -2.61. The first-order valence-electron chi connectivity index (χ1n) is 8.74. The lowest BCUT2D eigenvalue weighted by Crippen LogP contribution is -2.58. The maximum Gasteiger partial charge on any atom is 0.331 e. The molecule has 2 fully saturated rings. The Kier molecular flexibility index (Phi) is 5.41. The molecule has 2 heterocycles. The summed E-state index contributed by atoms with van der Waals surface area (Å²) in [4.78, 5) is 38.2. The number of aliphatic carboxylic acids is 1. The summed E-state index contributed by atoms with van der Waals surface area (Å²) in [6.45, 7) is 1.11. The first-order valence-corrected chi connectivity index (χ1v) is 8.74. The van der Waals surface area contributed by atoms with Gasteiger partial charge in [0.25, 0.3) is 0 Å². The molecular formula is C18H23N3O5. The molecule has 1 aromatic rings. The number of hydrogen-bond acceptors (Lipinski definition) is 4. The number of ether oxygens (including phenoxy) is 1. The Labute approximate surface area is 151 Å². The first kappa shape index (κ1) is 18.2. The van der Waals surface area contributed by atoms with E-state index in [0.717, 1.165) is 0 Å². The number of carboxylic acid groups (broad SMARTS) is 1. The van der Waals surface area contributed by atoms with Crippen molar-refractivity contribution in [2.75, 3.05) is 31.6 Å². The van der Waals surface area contributed by atoms with Gasteiger partial charge in [0.15, 0.2) is 5.54 Å². The van der Waals surface area contributed by atoms with Gasteiger partial charge in [-0.05, 0) is 25.0 Å². The largest absolute Gasteiger partial charge is 0.479 e. The maximum absolute atomic E-state index is 12.6. The van der Waals surface area contributed by atoms with E-state index in [1.165, 1.54) is 0 Å². The normalized spacial score (nSPS) is 25.5. The van der Waals surface area contributed by atoms with E-state index in [2.05, 4.69) is 10.6 Å². The van der Waals surface area contributed by atoms with Crippen LogP contribution in [0.5, 0.6) is 0 Å². The number of hydrogen-bond donors (Lipinski definition) is 3. The fourth-order valence-corrected chi connectivity index (χ4v) is 3.32. The van der Waals surface area contributed by atoms with Gasteiger partial charge in [0.1, 0.15) is 0 Å². The van der Waals surface area contributed by atoms with Crippen LogP contribution in [0.15, 0.2) is 30.3 Å². The van der Waals surface area contributed by atoms with Crippen molar-refractivity contribution in [2.24, 2.45) is 5.92 Å². The molecule has 3 amide bonds. The molecule has 2 saturated heterocycles. The molecule has 26 heavy (non-hydrogen) atoms. The highest BCUT2D eigenvalue weighted by Gasteiger charge is 2.45. The van der Waals surface area contributed by atoms with E-state index in [1.807, 2.05) is 18.2 Å². The molecule has 3 N–H and O–H groups in total. The summed E-state index contributed by atoms with van der Waals surface area (Å²) in [7, 11) is 0. The van der Waals surface area contributed by atoms with Crippen molar-refractivity contribution >= 4 is 23.6 Å². The number of rotatable bonds is 4. The van der Waals surface area contributed by atoms with Gasteiger partial charge < -0.3 is 25.4 Å². The minimum atomic E-state index is -1.36. The molecule has 8 heteroatoms. The lowest BCUT2D eigenvalue weighted by atomic mass is 9.93. The molecule has 2 aliphatic rings. The number of carbonyl (C=O) groups excluding carboxylic acids is 2. The smallest absolute Gasteiger partial charge is 0.331 e. The summed E-state index contributed by atoms with van der Waals surface area (Å²) in [6, 6.07) is 8.85. The molecule has 0 saturated carbocycles. The number of likely N-dealkylation sites (tertiary alicyclic amines) is 1. The Morgan fingerprint density at radius 3 is 2.65 bits per heavy atom. The molecule has 2 atom stereocenters. The van der Waals surface area contributed by atoms with Crippen molar-refractivity contribution < 1.29 is 24.2 Å². The lowest BCUT2D eigenvalue weighted by molar-refractivity contribution is -0.148. The summed E-state index contributed by atoms with van der Waals surface area (Å²) in [6.07, 6.45) is 1.56. The third-order valence-corrected chi connectivity index (χ3v) is 4.90. The number of amides is 3. The fraction of sp³-hybridized carbons (Fsp3) is 0.500. The van der Waals surface area contributed by atoms with E-state index in [-0.39, 0.29) is 31.5 Å². The van der Waals surface area contributed by atoms with Crippen LogP contribution in [0.3, 0.4) is 0 Å². The van der Waals surface area contributed by atoms with E-state index in [1.54, 1.807) is 17.0 Å². The van der Waals surface area contributed by atoms with Crippen molar-refractivity contribution in [3.05, 3.63) is 30.3 Å². The molecule has 0 radical (unpaired) electrons. The van der Waals surface area contributed by atoms with Crippen LogP contribution in [-0.4, -0.2) is 59.8 Å². The SMILES string of the molecule is O=C(NC1(C(=O)O)CCOC1)C1CCCN(C(=O)Nc2ccccc2)C1.